The molecule has 1 aliphatic rings. The van der Waals surface area contributed by atoms with Crippen molar-refractivity contribution in [1.82, 2.24) is 15.3 Å². The summed E-state index contributed by atoms with van der Waals surface area (Å²) in [5.41, 5.74) is 2.00. The highest BCUT2D eigenvalue weighted by Gasteiger charge is 2.17. The fourth-order valence-electron chi connectivity index (χ4n) is 3.39. The number of carbonyl (C=O) groups is 1. The van der Waals surface area contributed by atoms with E-state index in [4.69, 9.17) is 14.4 Å². The third-order valence-electron chi connectivity index (χ3n) is 4.84. The van der Waals surface area contributed by atoms with E-state index in [2.05, 4.69) is 28.4 Å². The van der Waals surface area contributed by atoms with Crippen LogP contribution < -0.4 is 10.2 Å². The van der Waals surface area contributed by atoms with Gasteiger partial charge in [0, 0.05) is 30.8 Å². The van der Waals surface area contributed by atoms with E-state index >= 15 is 0 Å². The van der Waals surface area contributed by atoms with E-state index in [1.54, 1.807) is 6.07 Å². The molecule has 3 aromatic rings. The van der Waals surface area contributed by atoms with Gasteiger partial charge >= 0.3 is 0 Å². The van der Waals surface area contributed by atoms with Crippen molar-refractivity contribution in [2.75, 3.05) is 18.0 Å². The number of amides is 1. The molecule has 0 bridgehead atoms. The van der Waals surface area contributed by atoms with Gasteiger partial charge < -0.3 is 14.6 Å². The highest BCUT2D eigenvalue weighted by atomic mass is 32.2. The third kappa shape index (κ3) is 5.02. The lowest BCUT2D eigenvalue weighted by Crippen LogP contribution is -2.29. The number of thioether (sulfide) groups is 1. The average Bonchev–Trinajstić information content (AvgIpc) is 3.44. The zero-order valence-corrected chi connectivity index (χ0v) is 18.1. The first kappa shape index (κ1) is 20.5. The van der Waals surface area contributed by atoms with Gasteiger partial charge in [0.1, 0.15) is 11.6 Å². The van der Waals surface area contributed by atoms with E-state index in [0.717, 1.165) is 35.9 Å². The summed E-state index contributed by atoms with van der Waals surface area (Å²) >= 11 is 1.52. The maximum absolute atomic E-state index is 12.1. The lowest BCUT2D eigenvalue weighted by Gasteiger charge is -2.18. The Morgan fingerprint density at radius 2 is 1.90 bits per heavy atom. The van der Waals surface area contributed by atoms with Crippen LogP contribution in [0.3, 0.4) is 0 Å². The van der Waals surface area contributed by atoms with Gasteiger partial charge in [-0.1, -0.05) is 42.1 Å². The third-order valence-corrected chi connectivity index (χ3v) is 5.71. The largest absolute Gasteiger partial charge is 0.455 e. The summed E-state index contributed by atoms with van der Waals surface area (Å²) in [5, 5.41) is 3.55. The van der Waals surface area contributed by atoms with Gasteiger partial charge in [0.25, 0.3) is 5.91 Å². The second-order valence-electron chi connectivity index (χ2n) is 7.64. The topological polar surface area (TPSA) is 71.3 Å². The second kappa shape index (κ2) is 9.34. The number of hydrogen-bond acceptors (Lipinski definition) is 6. The number of anilines is 1. The van der Waals surface area contributed by atoms with Crippen molar-refractivity contribution in [2.24, 2.45) is 0 Å². The van der Waals surface area contributed by atoms with Crippen LogP contribution in [0.4, 0.5) is 5.82 Å². The molecular weight excluding hydrogens is 396 g/mol. The molecule has 2 aromatic heterocycles. The summed E-state index contributed by atoms with van der Waals surface area (Å²) in [6.07, 6.45) is 2.39. The zero-order valence-electron chi connectivity index (χ0n) is 17.3. The van der Waals surface area contributed by atoms with Crippen molar-refractivity contribution >= 4 is 23.5 Å². The van der Waals surface area contributed by atoms with Crippen molar-refractivity contribution in [3.05, 3.63) is 60.1 Å². The molecule has 0 saturated carbocycles. The first-order chi connectivity index (χ1) is 14.6. The number of benzene rings is 1. The molecule has 1 saturated heterocycles. The van der Waals surface area contributed by atoms with Gasteiger partial charge in [0.15, 0.2) is 10.9 Å². The molecule has 0 atom stereocenters. The molecule has 6 nitrogen and oxygen atoms in total. The molecule has 30 heavy (non-hydrogen) atoms. The Kier molecular flexibility index (Phi) is 6.38. The highest BCUT2D eigenvalue weighted by molar-refractivity contribution is 7.98. The standard InChI is InChI=1S/C23H26N4O2S/c1-16(2)24-22(28)20-11-10-18(29-20)15-30-23-25-19(17-8-4-3-5-9-17)14-21(26-23)27-12-6-7-13-27/h3-5,8-11,14,16H,6-7,12-13,15H2,1-2H3,(H,24,28). The first-order valence-electron chi connectivity index (χ1n) is 10.3. The SMILES string of the molecule is CC(C)NC(=O)c1ccc(CSc2nc(-c3ccccc3)cc(N3CCCC3)n2)o1. The van der Waals surface area contributed by atoms with Crippen LogP contribution >= 0.6 is 11.8 Å². The van der Waals surface area contributed by atoms with Gasteiger partial charge in [0.2, 0.25) is 0 Å². The van der Waals surface area contributed by atoms with Crippen molar-refractivity contribution in [3.8, 4) is 11.3 Å². The van der Waals surface area contributed by atoms with Crippen LogP contribution in [-0.2, 0) is 5.75 Å². The van der Waals surface area contributed by atoms with Gasteiger partial charge in [-0.25, -0.2) is 9.97 Å². The number of aromatic nitrogens is 2. The van der Waals surface area contributed by atoms with E-state index in [1.807, 2.05) is 38.1 Å². The first-order valence-corrected chi connectivity index (χ1v) is 11.3. The molecule has 1 fully saturated rings. The summed E-state index contributed by atoms with van der Waals surface area (Å²) in [6, 6.07) is 15.9. The van der Waals surface area contributed by atoms with Crippen LogP contribution in [0.1, 0.15) is 43.0 Å². The predicted octanol–water partition coefficient (Wildman–Crippen LogP) is 4.77. The number of nitrogens with one attached hydrogen (secondary N) is 1. The number of furan rings is 1. The molecule has 0 radical (unpaired) electrons. The molecule has 1 aromatic carbocycles. The Bertz CT molecular complexity index is 997. The van der Waals surface area contributed by atoms with E-state index in [0.29, 0.717) is 16.7 Å². The molecule has 0 aliphatic carbocycles. The number of hydrogen-bond donors (Lipinski definition) is 1. The van der Waals surface area contributed by atoms with Crippen LogP contribution in [0.5, 0.6) is 0 Å². The van der Waals surface area contributed by atoms with E-state index in [1.165, 1.54) is 24.6 Å². The maximum Gasteiger partial charge on any atom is 0.287 e. The minimum Gasteiger partial charge on any atom is -0.455 e. The molecule has 0 spiro atoms. The summed E-state index contributed by atoms with van der Waals surface area (Å²) in [7, 11) is 0. The average molecular weight is 423 g/mol. The Morgan fingerprint density at radius 3 is 2.63 bits per heavy atom. The fraction of sp³-hybridized carbons (Fsp3) is 0.348. The Morgan fingerprint density at radius 1 is 1.13 bits per heavy atom. The Hall–Kier alpha value is -2.80. The van der Waals surface area contributed by atoms with Gasteiger partial charge in [-0.3, -0.25) is 4.79 Å². The van der Waals surface area contributed by atoms with Crippen molar-refractivity contribution < 1.29 is 9.21 Å². The van der Waals surface area contributed by atoms with E-state index in [9.17, 15) is 4.79 Å². The number of carbonyl (C=O) groups excluding carboxylic acids is 1. The highest BCUT2D eigenvalue weighted by Crippen LogP contribution is 2.29. The van der Waals surface area contributed by atoms with Crippen LogP contribution in [0.25, 0.3) is 11.3 Å². The molecule has 3 heterocycles. The van der Waals surface area contributed by atoms with Crippen LogP contribution in [0.2, 0.25) is 0 Å². The minimum atomic E-state index is -0.195. The van der Waals surface area contributed by atoms with E-state index < -0.39 is 0 Å². The summed E-state index contributed by atoms with van der Waals surface area (Å²) in [5.74, 6) is 2.40. The molecule has 156 valence electrons. The smallest absolute Gasteiger partial charge is 0.287 e. The summed E-state index contributed by atoms with van der Waals surface area (Å²) in [6.45, 7) is 5.91. The molecule has 1 aliphatic heterocycles. The lowest BCUT2D eigenvalue weighted by atomic mass is 10.1. The zero-order chi connectivity index (χ0) is 20.9. The quantitative estimate of drug-likeness (QED) is 0.437. The van der Waals surface area contributed by atoms with Crippen molar-refractivity contribution in [3.63, 3.8) is 0 Å². The normalized spacial score (nSPS) is 13.8. The Labute approximate surface area is 181 Å². The van der Waals surface area contributed by atoms with Crippen LogP contribution in [0.15, 0.2) is 58.1 Å². The molecule has 7 heteroatoms. The van der Waals surface area contributed by atoms with Gasteiger partial charge in [-0.15, -0.1) is 0 Å². The molecule has 0 unspecified atom stereocenters. The predicted molar refractivity (Wildman–Crippen MR) is 120 cm³/mol. The summed E-state index contributed by atoms with van der Waals surface area (Å²) < 4.78 is 5.71. The van der Waals surface area contributed by atoms with Crippen LogP contribution in [0, 0.1) is 0 Å². The Balaban J connectivity index is 1.53. The number of nitrogens with zero attached hydrogens (tertiary/aromatic N) is 3. The van der Waals surface area contributed by atoms with Crippen molar-refractivity contribution in [1.29, 1.82) is 0 Å². The van der Waals surface area contributed by atoms with E-state index in [-0.39, 0.29) is 11.9 Å². The van der Waals surface area contributed by atoms with Crippen LogP contribution in [-0.4, -0.2) is 35.0 Å². The van der Waals surface area contributed by atoms with Gasteiger partial charge in [-0.05, 0) is 38.8 Å². The maximum atomic E-state index is 12.1. The van der Waals surface area contributed by atoms with Gasteiger partial charge in [-0.2, -0.15) is 0 Å². The molecule has 4 rings (SSSR count). The molecule has 1 N–H and O–H groups in total. The van der Waals surface area contributed by atoms with Gasteiger partial charge in [0.05, 0.1) is 11.4 Å². The van der Waals surface area contributed by atoms with Crippen molar-refractivity contribution in [2.45, 2.75) is 43.6 Å². The molecular formula is C23H26N4O2S. The molecule has 1 amide bonds. The fourth-order valence-corrected chi connectivity index (χ4v) is 4.14. The second-order valence-corrected chi connectivity index (χ2v) is 8.58. The summed E-state index contributed by atoms with van der Waals surface area (Å²) in [4.78, 5) is 24.0. The number of rotatable bonds is 7. The monoisotopic (exact) mass is 422 g/mol. The minimum absolute atomic E-state index is 0.0681. The lowest BCUT2D eigenvalue weighted by molar-refractivity contribution is 0.0913.